The number of carbonyl (C=O) groups excluding carboxylic acids is 1. The second-order valence-corrected chi connectivity index (χ2v) is 5.78. The molecule has 4 nitrogen and oxygen atoms in total. The van der Waals surface area contributed by atoms with Crippen LogP contribution in [0.15, 0.2) is 48.5 Å². The Morgan fingerprint density at radius 3 is 2.54 bits per heavy atom. The zero-order valence-corrected chi connectivity index (χ0v) is 14.5. The summed E-state index contributed by atoms with van der Waals surface area (Å²) in [7, 11) is 1.67. The van der Waals surface area contributed by atoms with Crippen molar-refractivity contribution in [1.29, 1.82) is 0 Å². The summed E-state index contributed by atoms with van der Waals surface area (Å²) in [6, 6.07) is 15.6. The summed E-state index contributed by atoms with van der Waals surface area (Å²) in [5.41, 5.74) is 2.31. The van der Waals surface area contributed by atoms with E-state index in [2.05, 4.69) is 5.32 Å². The number of amides is 1. The molecule has 0 saturated carbocycles. The van der Waals surface area contributed by atoms with E-state index in [4.69, 9.17) is 9.47 Å². The van der Waals surface area contributed by atoms with Crippen LogP contribution in [-0.2, 0) is 11.2 Å². The highest BCUT2D eigenvalue weighted by Gasteiger charge is 2.14. The van der Waals surface area contributed by atoms with Gasteiger partial charge in [-0.1, -0.05) is 35.9 Å². The van der Waals surface area contributed by atoms with Gasteiger partial charge < -0.3 is 14.8 Å². The van der Waals surface area contributed by atoms with E-state index in [-0.39, 0.29) is 5.91 Å². The average molecular weight is 327 g/mol. The molecule has 2 aromatic rings. The van der Waals surface area contributed by atoms with Gasteiger partial charge in [0.2, 0.25) is 0 Å². The first-order chi connectivity index (χ1) is 11.6. The Labute approximate surface area is 143 Å². The second-order valence-electron chi connectivity index (χ2n) is 5.78. The van der Waals surface area contributed by atoms with Crippen molar-refractivity contribution in [2.75, 3.05) is 13.7 Å². The predicted molar refractivity (Wildman–Crippen MR) is 95.6 cm³/mol. The average Bonchev–Trinajstić information content (AvgIpc) is 2.60. The van der Waals surface area contributed by atoms with Gasteiger partial charge in [0.05, 0.1) is 7.11 Å². The number of nitrogens with one attached hydrogen (secondary N) is 1. The van der Waals surface area contributed by atoms with Crippen molar-refractivity contribution in [3.05, 3.63) is 59.7 Å². The number of rotatable bonds is 8. The lowest BCUT2D eigenvalue weighted by molar-refractivity contribution is -0.127. The highest BCUT2D eigenvalue weighted by Crippen LogP contribution is 2.18. The minimum absolute atomic E-state index is 0.101. The lowest BCUT2D eigenvalue weighted by Gasteiger charge is -2.15. The van der Waals surface area contributed by atoms with E-state index in [0.717, 1.165) is 29.7 Å². The molecule has 1 N–H and O–H groups in total. The zero-order chi connectivity index (χ0) is 17.4. The van der Waals surface area contributed by atoms with Crippen LogP contribution in [0, 0.1) is 6.92 Å². The van der Waals surface area contributed by atoms with Crippen LogP contribution in [0.5, 0.6) is 11.5 Å². The highest BCUT2D eigenvalue weighted by atomic mass is 16.5. The van der Waals surface area contributed by atoms with Crippen LogP contribution in [-0.4, -0.2) is 25.7 Å². The lowest BCUT2D eigenvalue weighted by Crippen LogP contribution is -2.36. The molecule has 0 aliphatic heterocycles. The molecule has 0 aliphatic rings. The van der Waals surface area contributed by atoms with Crippen LogP contribution in [0.1, 0.15) is 24.5 Å². The Morgan fingerprint density at radius 1 is 1.12 bits per heavy atom. The number of hydrogen-bond acceptors (Lipinski definition) is 3. The van der Waals surface area contributed by atoms with Crippen LogP contribution in [0.4, 0.5) is 0 Å². The largest absolute Gasteiger partial charge is 0.496 e. The molecule has 0 radical (unpaired) electrons. The van der Waals surface area contributed by atoms with E-state index >= 15 is 0 Å². The molecule has 1 atom stereocenters. The molecule has 0 heterocycles. The molecule has 24 heavy (non-hydrogen) atoms. The molecule has 2 aromatic carbocycles. The number of para-hydroxylation sites is 1. The summed E-state index contributed by atoms with van der Waals surface area (Å²) >= 11 is 0. The third kappa shape index (κ3) is 5.30. The molecule has 0 bridgehead atoms. The SMILES string of the molecule is COc1ccccc1CCCNC(=O)[C@@H](C)Oc1ccc(C)cc1. The fraction of sp³-hybridized carbons (Fsp3) is 0.350. The summed E-state index contributed by atoms with van der Waals surface area (Å²) < 4.78 is 11.0. The molecule has 0 aromatic heterocycles. The van der Waals surface area contributed by atoms with Crippen molar-refractivity contribution < 1.29 is 14.3 Å². The van der Waals surface area contributed by atoms with Gasteiger partial charge in [-0.25, -0.2) is 0 Å². The molecule has 2 rings (SSSR count). The van der Waals surface area contributed by atoms with Gasteiger partial charge in [0.1, 0.15) is 11.5 Å². The first-order valence-corrected chi connectivity index (χ1v) is 8.23. The van der Waals surface area contributed by atoms with Gasteiger partial charge in [-0.3, -0.25) is 4.79 Å². The maximum atomic E-state index is 12.1. The zero-order valence-electron chi connectivity index (χ0n) is 14.5. The summed E-state index contributed by atoms with van der Waals surface area (Å²) in [6.07, 6.45) is 1.19. The van der Waals surface area contributed by atoms with Gasteiger partial charge in [0.15, 0.2) is 6.10 Å². The smallest absolute Gasteiger partial charge is 0.260 e. The van der Waals surface area contributed by atoms with Crippen LogP contribution in [0.3, 0.4) is 0 Å². The Morgan fingerprint density at radius 2 is 1.83 bits per heavy atom. The van der Waals surface area contributed by atoms with E-state index in [1.54, 1.807) is 14.0 Å². The van der Waals surface area contributed by atoms with Crippen LogP contribution < -0.4 is 14.8 Å². The summed E-state index contributed by atoms with van der Waals surface area (Å²) in [5, 5.41) is 2.92. The Bertz CT molecular complexity index is 652. The molecule has 0 aliphatic carbocycles. The van der Waals surface area contributed by atoms with Gasteiger partial charge in [-0.05, 0) is 50.5 Å². The summed E-state index contributed by atoms with van der Waals surface area (Å²) in [4.78, 5) is 12.1. The van der Waals surface area contributed by atoms with E-state index in [1.807, 2.05) is 55.5 Å². The maximum Gasteiger partial charge on any atom is 0.260 e. The van der Waals surface area contributed by atoms with Crippen molar-refractivity contribution in [3.8, 4) is 11.5 Å². The molecule has 0 unspecified atom stereocenters. The van der Waals surface area contributed by atoms with Gasteiger partial charge in [-0.2, -0.15) is 0 Å². The monoisotopic (exact) mass is 327 g/mol. The molecule has 0 fully saturated rings. The number of methoxy groups -OCH3 is 1. The van der Waals surface area contributed by atoms with Crippen molar-refractivity contribution >= 4 is 5.91 Å². The number of hydrogen-bond donors (Lipinski definition) is 1. The van der Waals surface area contributed by atoms with Gasteiger partial charge in [-0.15, -0.1) is 0 Å². The minimum atomic E-state index is -0.515. The quantitative estimate of drug-likeness (QED) is 0.755. The first kappa shape index (κ1) is 17.9. The van der Waals surface area contributed by atoms with Crippen molar-refractivity contribution in [2.45, 2.75) is 32.8 Å². The predicted octanol–water partition coefficient (Wildman–Crippen LogP) is 3.52. The third-order valence-electron chi connectivity index (χ3n) is 3.82. The topological polar surface area (TPSA) is 47.6 Å². The molecule has 0 saturated heterocycles. The van der Waals surface area contributed by atoms with Gasteiger partial charge >= 0.3 is 0 Å². The number of carbonyl (C=O) groups is 1. The van der Waals surface area contributed by atoms with Gasteiger partial charge in [0, 0.05) is 6.54 Å². The molecular weight excluding hydrogens is 302 g/mol. The van der Waals surface area contributed by atoms with Crippen LogP contribution in [0.2, 0.25) is 0 Å². The summed E-state index contributed by atoms with van der Waals surface area (Å²) in [5.74, 6) is 1.49. The standard InChI is InChI=1S/C20H25NO3/c1-15-10-12-18(13-11-15)24-16(2)20(22)21-14-6-8-17-7-4-5-9-19(17)23-3/h4-5,7,9-13,16H,6,8,14H2,1-3H3,(H,21,22)/t16-/m1/s1. The van der Waals surface area contributed by atoms with E-state index in [0.29, 0.717) is 12.3 Å². The number of benzene rings is 2. The molecule has 4 heteroatoms. The fourth-order valence-corrected chi connectivity index (χ4v) is 2.42. The highest BCUT2D eigenvalue weighted by molar-refractivity contribution is 5.80. The van der Waals surface area contributed by atoms with Crippen molar-refractivity contribution in [1.82, 2.24) is 5.32 Å². The Hall–Kier alpha value is -2.49. The maximum absolute atomic E-state index is 12.1. The lowest BCUT2D eigenvalue weighted by atomic mass is 10.1. The van der Waals surface area contributed by atoms with Gasteiger partial charge in [0.25, 0.3) is 5.91 Å². The third-order valence-corrected chi connectivity index (χ3v) is 3.82. The molecule has 128 valence electrons. The Balaban J connectivity index is 1.73. The number of ether oxygens (including phenoxy) is 2. The molecule has 0 spiro atoms. The number of aryl methyl sites for hydroxylation is 2. The molecular formula is C20H25NO3. The van der Waals surface area contributed by atoms with E-state index < -0.39 is 6.10 Å². The van der Waals surface area contributed by atoms with Crippen molar-refractivity contribution in [3.63, 3.8) is 0 Å². The Kier molecular flexibility index (Phi) is 6.67. The van der Waals surface area contributed by atoms with E-state index in [9.17, 15) is 4.79 Å². The summed E-state index contributed by atoms with van der Waals surface area (Å²) in [6.45, 7) is 4.38. The fourth-order valence-electron chi connectivity index (χ4n) is 2.42. The van der Waals surface area contributed by atoms with E-state index in [1.165, 1.54) is 0 Å². The molecule has 1 amide bonds. The van der Waals surface area contributed by atoms with Crippen LogP contribution >= 0.6 is 0 Å². The minimum Gasteiger partial charge on any atom is -0.496 e. The second kappa shape index (κ2) is 8.96. The van der Waals surface area contributed by atoms with Crippen LogP contribution in [0.25, 0.3) is 0 Å². The van der Waals surface area contributed by atoms with Crippen molar-refractivity contribution in [2.24, 2.45) is 0 Å². The normalized spacial score (nSPS) is 11.6. The first-order valence-electron chi connectivity index (χ1n) is 8.23.